The van der Waals surface area contributed by atoms with Gasteiger partial charge in [0.2, 0.25) is 23.8 Å². The summed E-state index contributed by atoms with van der Waals surface area (Å²) in [5, 5.41) is 37.8. The van der Waals surface area contributed by atoms with Crippen molar-refractivity contribution in [3.05, 3.63) is 155 Å². The maximum Gasteiger partial charge on any atom is 0.410 e. The standard InChI is InChI=1S/C70H87N7O18.2ClH/c1-40-50(37-69(89)58(94-63(86)47-30-20-13-21-31-47)56-68(8,57(81)54(91-42(3)78)52(40)66(69,5)6)51(80)38-67(7)70(56,39-90-67)95-43(4)79)92-64(87)55(53(45-26-16-11-17-27-45)76-60(83)46-28-18-12-19-29-46)93-65(88)77(9)35-34-73-61(84)48(32-22-23-33-71)74-62(85)49(75-59(82)41(2)72)36-44-24-14-10-15-25-44;;/h10-21,24-31,41,48-51,53-56,58,80,89H,22-23,32-39,71-72H2,1-9H3,(H,73,84)(H,74,85)(H,75,82)(H,76,83);2*1H/t41-,48+,49+,50+,51+,53?,54-,55-,56+,58+,67-,68-,69-,70-;;/m1../s1. The molecule has 1 heterocycles. The summed E-state index contributed by atoms with van der Waals surface area (Å²) >= 11 is 0. The summed E-state index contributed by atoms with van der Waals surface area (Å²) in [6.45, 7) is 10.5. The van der Waals surface area contributed by atoms with Crippen molar-refractivity contribution >= 4 is 84.2 Å². The van der Waals surface area contributed by atoms with E-state index >= 15 is 9.59 Å². The third kappa shape index (κ3) is 16.3. The van der Waals surface area contributed by atoms with Crippen molar-refractivity contribution in [2.24, 2.45) is 28.2 Å². The number of aliphatic hydroxyl groups excluding tert-OH is 1. The van der Waals surface area contributed by atoms with E-state index in [1.807, 2.05) is 0 Å². The molecule has 4 aromatic carbocycles. The number of nitrogens with two attached hydrogens (primary N) is 2. The van der Waals surface area contributed by atoms with Crippen LogP contribution in [0.25, 0.3) is 0 Å². The van der Waals surface area contributed by atoms with Gasteiger partial charge in [-0.15, -0.1) is 24.8 Å². The van der Waals surface area contributed by atoms with Crippen LogP contribution in [0, 0.1) is 16.7 Å². The van der Waals surface area contributed by atoms with Crippen LogP contribution in [-0.2, 0) is 68.4 Å². The van der Waals surface area contributed by atoms with Crippen molar-refractivity contribution in [3.8, 4) is 0 Å². The predicted molar refractivity (Wildman–Crippen MR) is 357 cm³/mol. The predicted octanol–water partition coefficient (Wildman–Crippen LogP) is 4.85. The van der Waals surface area contributed by atoms with Gasteiger partial charge < -0.3 is 76.3 Å². The van der Waals surface area contributed by atoms with Crippen molar-refractivity contribution in [1.29, 1.82) is 0 Å². The number of likely N-dealkylation sites (N-methyl/N-ethyl adjacent to an activating group) is 1. The average Bonchev–Trinajstić information content (AvgIpc) is 0.660. The van der Waals surface area contributed by atoms with Gasteiger partial charge in [-0.1, -0.05) is 111 Å². The number of hydrogen-bond donors (Lipinski definition) is 8. The molecule has 1 unspecified atom stereocenters. The van der Waals surface area contributed by atoms with Crippen LogP contribution in [0.4, 0.5) is 4.79 Å². The van der Waals surface area contributed by atoms with E-state index in [9.17, 15) is 48.6 Å². The van der Waals surface area contributed by atoms with Gasteiger partial charge in [-0.05, 0) is 100 Å². The molecule has 4 aliphatic rings. The molecule has 0 aromatic heterocycles. The second-order valence-electron chi connectivity index (χ2n) is 25.9. The van der Waals surface area contributed by atoms with Crippen LogP contribution in [0.5, 0.6) is 0 Å². The molecule has 97 heavy (non-hydrogen) atoms. The number of benzene rings is 4. The van der Waals surface area contributed by atoms with Gasteiger partial charge in [0.05, 0.1) is 35.6 Å². The fourth-order valence-electron chi connectivity index (χ4n) is 13.8. The topological polar surface area (TPSA) is 370 Å². The molecule has 2 saturated carbocycles. The molecule has 25 nitrogen and oxygen atoms in total. The zero-order valence-corrected chi connectivity index (χ0v) is 57.4. The highest BCUT2D eigenvalue weighted by Crippen LogP contribution is 2.67. The number of halogens is 2. The Morgan fingerprint density at radius 1 is 0.732 bits per heavy atom. The van der Waals surface area contributed by atoms with Crippen molar-refractivity contribution in [2.45, 2.75) is 165 Å². The summed E-state index contributed by atoms with van der Waals surface area (Å²) < 4.78 is 37.7. The van der Waals surface area contributed by atoms with Gasteiger partial charge in [0.15, 0.2) is 17.5 Å². The van der Waals surface area contributed by atoms with Gasteiger partial charge >= 0.3 is 30.0 Å². The van der Waals surface area contributed by atoms with Crippen LogP contribution in [0.1, 0.15) is 125 Å². The number of ketones is 1. The number of rotatable bonds is 25. The SMILES string of the molecule is CC(=O)O[C@H]1C(=O)[C@]2(C)[C@@H](O)C[C@@]3(C)OC[C@@]3(OC(C)=O)[C@H]2[C@H](OC(=O)c2ccccc2)[C@]2(O)C[C@H](OC(=O)[C@H](OC(=O)N(C)CCNC(=O)[C@H](CCCCN)NC(=O)[C@H](Cc3ccccc3)NC(=O)[C@@H](C)N)C(NC(=O)c3ccccc3)c3ccccc3)C(C)=C1C2(C)C.Cl.Cl. The van der Waals surface area contributed by atoms with Crippen molar-refractivity contribution in [2.75, 3.05) is 33.3 Å². The van der Waals surface area contributed by atoms with Crippen LogP contribution in [0.2, 0.25) is 0 Å². The number of nitrogens with one attached hydrogen (secondary N) is 4. The highest BCUT2D eigenvalue weighted by atomic mass is 35.5. The Morgan fingerprint density at radius 2 is 1.31 bits per heavy atom. The zero-order valence-electron chi connectivity index (χ0n) is 55.7. The van der Waals surface area contributed by atoms with Gasteiger partial charge in [0, 0.05) is 64.2 Å². The van der Waals surface area contributed by atoms with E-state index in [1.54, 1.807) is 104 Å². The largest absolute Gasteiger partial charge is 0.455 e. The van der Waals surface area contributed by atoms with E-state index in [0.29, 0.717) is 19.4 Å². The van der Waals surface area contributed by atoms with E-state index < -0.39 is 161 Å². The molecule has 526 valence electrons. The monoisotopic (exact) mass is 1390 g/mol. The minimum Gasteiger partial charge on any atom is -0.455 e. The summed E-state index contributed by atoms with van der Waals surface area (Å²) in [6.07, 6.45) is -10.5. The van der Waals surface area contributed by atoms with E-state index in [0.717, 1.165) is 24.3 Å². The molecule has 3 fully saturated rings. The number of Topliss-reactive ketones (excluding diaryl/α,β-unsaturated/α-hetero) is 1. The van der Waals surface area contributed by atoms with Gasteiger partial charge in [-0.3, -0.25) is 33.6 Å². The lowest BCUT2D eigenvalue weighted by Gasteiger charge is -2.70. The smallest absolute Gasteiger partial charge is 0.410 e. The van der Waals surface area contributed by atoms with Gasteiger partial charge in [0.1, 0.15) is 41.5 Å². The first-order chi connectivity index (χ1) is 44.9. The summed E-state index contributed by atoms with van der Waals surface area (Å²) in [4.78, 5) is 144. The summed E-state index contributed by atoms with van der Waals surface area (Å²) in [5.41, 5.74) is 2.59. The van der Waals surface area contributed by atoms with Crippen LogP contribution < -0.4 is 32.7 Å². The summed E-state index contributed by atoms with van der Waals surface area (Å²) in [5.74, 6) is -9.41. The molecule has 27 heteroatoms. The molecule has 0 radical (unpaired) electrons. The quantitative estimate of drug-likeness (QED) is 0.0190. The Kier molecular flexibility index (Phi) is 25.9. The molecule has 4 aromatic rings. The molecular formula is C70H89Cl2N7O18. The maximum atomic E-state index is 16.1. The Balaban J connectivity index is 0.00000743. The minimum absolute atomic E-state index is 0. The third-order valence-corrected chi connectivity index (χ3v) is 19.2. The lowest BCUT2D eigenvalue weighted by atomic mass is 9.42. The maximum absolute atomic E-state index is 16.1. The number of carbonyl (C=O) groups is 10. The first-order valence-corrected chi connectivity index (χ1v) is 31.8. The molecule has 2 bridgehead atoms. The number of hydrogen-bond acceptors (Lipinski definition) is 20. The number of esters is 4. The normalized spacial score (nSPS) is 25.8. The average molecular weight is 1390 g/mol. The fraction of sp³-hybridized carbons (Fsp3) is 0.486. The highest BCUT2D eigenvalue weighted by Gasteiger charge is 2.81. The highest BCUT2D eigenvalue weighted by molar-refractivity contribution is 5.97. The Bertz CT molecular complexity index is 3540. The molecular weight excluding hydrogens is 1300 g/mol. The third-order valence-electron chi connectivity index (χ3n) is 19.2. The number of amides is 5. The molecule has 1 aliphatic heterocycles. The molecule has 1 saturated heterocycles. The van der Waals surface area contributed by atoms with E-state index in [1.165, 1.54) is 65.9 Å². The molecule has 14 atom stereocenters. The number of unbranched alkanes of at least 4 members (excludes halogenated alkanes) is 1. The molecule has 0 spiro atoms. The minimum atomic E-state index is -2.57. The number of aliphatic hydroxyl groups is 2. The summed E-state index contributed by atoms with van der Waals surface area (Å²) in [6, 6.07) is 27.8. The molecule has 5 amide bonds. The van der Waals surface area contributed by atoms with Crippen molar-refractivity contribution in [1.82, 2.24) is 26.2 Å². The Morgan fingerprint density at radius 3 is 1.87 bits per heavy atom. The van der Waals surface area contributed by atoms with Crippen molar-refractivity contribution < 1.29 is 86.6 Å². The molecule has 10 N–H and O–H groups in total. The summed E-state index contributed by atoms with van der Waals surface area (Å²) in [7, 11) is 1.31. The Labute approximate surface area is 576 Å². The van der Waals surface area contributed by atoms with Gasteiger partial charge in [-0.2, -0.15) is 0 Å². The van der Waals surface area contributed by atoms with E-state index in [4.69, 9.17) is 39.9 Å². The fourth-order valence-corrected chi connectivity index (χ4v) is 13.8. The lowest BCUT2D eigenvalue weighted by molar-refractivity contribution is -0.383. The zero-order chi connectivity index (χ0) is 69.4. The number of nitrogens with zero attached hydrogens (tertiary/aromatic N) is 1. The second-order valence-corrected chi connectivity index (χ2v) is 25.9. The van der Waals surface area contributed by atoms with Crippen LogP contribution >= 0.6 is 24.8 Å². The van der Waals surface area contributed by atoms with Crippen LogP contribution in [0.3, 0.4) is 0 Å². The first kappa shape index (κ1) is 77.7. The van der Waals surface area contributed by atoms with E-state index in [-0.39, 0.29) is 85.0 Å². The second kappa shape index (κ2) is 32.4. The number of fused-ring (bicyclic) bond motifs is 5. The van der Waals surface area contributed by atoms with Gasteiger partial charge in [-0.25, -0.2) is 14.4 Å². The molecule has 3 aliphatic carbocycles. The number of carbonyl (C=O) groups excluding carboxylic acids is 10. The van der Waals surface area contributed by atoms with Gasteiger partial charge in [0.25, 0.3) is 5.91 Å². The number of ether oxygens (including phenoxy) is 6. The lowest BCUT2D eigenvalue weighted by Crippen LogP contribution is -2.85. The first-order valence-electron chi connectivity index (χ1n) is 31.8. The Hall–Kier alpha value is -8.30. The van der Waals surface area contributed by atoms with Crippen LogP contribution in [-0.4, -0.2) is 173 Å². The molecule has 8 rings (SSSR count). The van der Waals surface area contributed by atoms with Crippen LogP contribution in [0.15, 0.2) is 132 Å². The van der Waals surface area contributed by atoms with Crippen molar-refractivity contribution in [3.63, 3.8) is 0 Å². The van der Waals surface area contributed by atoms with E-state index in [2.05, 4.69) is 21.3 Å².